The fourth-order valence-electron chi connectivity index (χ4n) is 2.23. The van der Waals surface area contributed by atoms with E-state index in [4.69, 9.17) is 4.74 Å². The summed E-state index contributed by atoms with van der Waals surface area (Å²) in [4.78, 5) is 12.0. The Morgan fingerprint density at radius 1 is 1.55 bits per heavy atom. The number of halogens is 2. The fourth-order valence-corrected chi connectivity index (χ4v) is 2.57. The van der Waals surface area contributed by atoms with Gasteiger partial charge in [-0.2, -0.15) is 0 Å². The van der Waals surface area contributed by atoms with Crippen LogP contribution in [0.5, 0.6) is 5.75 Å². The Hall–Kier alpha value is -0.780. The quantitative estimate of drug-likeness (QED) is 0.843. The summed E-state index contributed by atoms with van der Waals surface area (Å²) in [5.74, 6) is 0.729. The lowest BCUT2D eigenvalue weighted by Gasteiger charge is -2.14. The number of nitrogens with one attached hydrogen (secondary N) is 2. The Morgan fingerprint density at radius 2 is 2.35 bits per heavy atom. The van der Waals surface area contributed by atoms with Crippen LogP contribution in [0.4, 0.5) is 5.69 Å². The first-order chi connectivity index (χ1) is 9.19. The summed E-state index contributed by atoms with van der Waals surface area (Å²) in [7, 11) is 0. The zero-order valence-corrected chi connectivity index (χ0v) is 13.9. The van der Waals surface area contributed by atoms with Crippen molar-refractivity contribution in [3.8, 4) is 5.75 Å². The van der Waals surface area contributed by atoms with E-state index in [9.17, 15) is 4.79 Å². The van der Waals surface area contributed by atoms with Gasteiger partial charge >= 0.3 is 0 Å². The van der Waals surface area contributed by atoms with Crippen molar-refractivity contribution in [2.24, 2.45) is 0 Å². The minimum absolute atomic E-state index is 0. The summed E-state index contributed by atoms with van der Waals surface area (Å²) in [5, 5.41) is 6.25. The van der Waals surface area contributed by atoms with Crippen molar-refractivity contribution < 1.29 is 9.53 Å². The lowest BCUT2D eigenvalue weighted by Crippen LogP contribution is -2.27. The second-order valence-corrected chi connectivity index (χ2v) is 5.53. The van der Waals surface area contributed by atoms with E-state index in [2.05, 4.69) is 26.6 Å². The number of carbonyl (C=O) groups excluding carboxylic acids is 1. The molecule has 0 saturated carbocycles. The second-order valence-electron chi connectivity index (χ2n) is 4.62. The highest BCUT2D eigenvalue weighted by atomic mass is 79.9. The van der Waals surface area contributed by atoms with E-state index in [-0.39, 0.29) is 18.3 Å². The molecule has 1 unspecified atom stereocenters. The van der Waals surface area contributed by atoms with Crippen LogP contribution in [0.3, 0.4) is 0 Å². The molecule has 1 heterocycles. The average Bonchev–Trinajstić information content (AvgIpc) is 2.86. The van der Waals surface area contributed by atoms with Crippen LogP contribution in [0.15, 0.2) is 22.7 Å². The van der Waals surface area contributed by atoms with Crippen molar-refractivity contribution >= 4 is 39.9 Å². The molecule has 1 saturated heterocycles. The first-order valence-electron chi connectivity index (χ1n) is 6.64. The summed E-state index contributed by atoms with van der Waals surface area (Å²) in [6, 6.07) is 5.93. The van der Waals surface area contributed by atoms with Crippen molar-refractivity contribution in [2.75, 3.05) is 18.5 Å². The van der Waals surface area contributed by atoms with Gasteiger partial charge in [0.15, 0.2) is 0 Å². The Balaban J connectivity index is 0.00000200. The number of anilines is 1. The maximum atomic E-state index is 12.0. The summed E-state index contributed by atoms with van der Waals surface area (Å²) in [6.07, 6.45) is 2.74. The van der Waals surface area contributed by atoms with Gasteiger partial charge in [-0.1, -0.05) is 15.9 Å². The molecule has 1 aromatic carbocycles. The molecule has 1 atom stereocenters. The molecule has 6 heteroatoms. The van der Waals surface area contributed by atoms with Gasteiger partial charge in [-0.3, -0.25) is 4.79 Å². The molecule has 1 aliphatic rings. The first kappa shape index (κ1) is 17.3. The molecule has 0 aromatic heterocycles. The Kier molecular flexibility index (Phi) is 7.34. The van der Waals surface area contributed by atoms with E-state index in [1.807, 2.05) is 25.1 Å². The minimum Gasteiger partial charge on any atom is -0.492 e. The molecule has 2 rings (SSSR count). The highest BCUT2D eigenvalue weighted by Crippen LogP contribution is 2.28. The monoisotopic (exact) mass is 362 g/mol. The van der Waals surface area contributed by atoms with Crippen LogP contribution in [-0.2, 0) is 4.79 Å². The molecule has 2 N–H and O–H groups in total. The summed E-state index contributed by atoms with van der Waals surface area (Å²) in [5.41, 5.74) is 0.730. The molecule has 0 radical (unpaired) electrons. The van der Waals surface area contributed by atoms with Crippen molar-refractivity contribution in [1.29, 1.82) is 0 Å². The molecule has 1 fully saturated rings. The largest absolute Gasteiger partial charge is 0.492 e. The summed E-state index contributed by atoms with van der Waals surface area (Å²) in [6.45, 7) is 3.51. The number of benzene rings is 1. The van der Waals surface area contributed by atoms with Gasteiger partial charge in [0, 0.05) is 16.9 Å². The van der Waals surface area contributed by atoms with Gasteiger partial charge in [-0.25, -0.2) is 0 Å². The molecule has 1 amide bonds. The van der Waals surface area contributed by atoms with Crippen molar-refractivity contribution in [2.45, 2.75) is 32.2 Å². The smallest absolute Gasteiger partial charge is 0.226 e. The highest BCUT2D eigenvalue weighted by molar-refractivity contribution is 9.10. The third-order valence-electron chi connectivity index (χ3n) is 3.11. The van der Waals surface area contributed by atoms with Crippen molar-refractivity contribution in [1.82, 2.24) is 5.32 Å². The van der Waals surface area contributed by atoms with Gasteiger partial charge < -0.3 is 15.4 Å². The zero-order chi connectivity index (χ0) is 13.7. The second kappa shape index (κ2) is 8.49. The van der Waals surface area contributed by atoms with E-state index in [1.165, 1.54) is 0 Å². The fraction of sp³-hybridized carbons (Fsp3) is 0.500. The van der Waals surface area contributed by atoms with Gasteiger partial charge in [0.2, 0.25) is 5.91 Å². The molecule has 112 valence electrons. The SMILES string of the molecule is CCOc1cc(Br)ccc1NC(=O)CC1CCCN1.Cl. The van der Waals surface area contributed by atoms with Crippen molar-refractivity contribution in [3.63, 3.8) is 0 Å². The predicted octanol–water partition coefficient (Wildman–Crippen LogP) is 3.35. The van der Waals surface area contributed by atoms with E-state index in [0.717, 1.165) is 29.5 Å². The van der Waals surface area contributed by atoms with Crippen LogP contribution in [0.25, 0.3) is 0 Å². The number of amides is 1. The molecule has 4 nitrogen and oxygen atoms in total. The van der Waals surface area contributed by atoms with E-state index in [0.29, 0.717) is 24.8 Å². The van der Waals surface area contributed by atoms with Gasteiger partial charge in [0.05, 0.1) is 12.3 Å². The summed E-state index contributed by atoms with van der Waals surface area (Å²) >= 11 is 3.40. The highest BCUT2D eigenvalue weighted by Gasteiger charge is 2.18. The minimum atomic E-state index is 0. The normalized spacial score (nSPS) is 17.4. The van der Waals surface area contributed by atoms with Gasteiger partial charge in [0.1, 0.15) is 5.75 Å². The Labute approximate surface area is 134 Å². The Bertz CT molecular complexity index is 451. The van der Waals surface area contributed by atoms with Crippen LogP contribution in [0.1, 0.15) is 26.2 Å². The molecule has 1 aromatic rings. The van der Waals surface area contributed by atoms with E-state index < -0.39 is 0 Å². The lowest BCUT2D eigenvalue weighted by atomic mass is 10.1. The number of hydrogen-bond donors (Lipinski definition) is 2. The molecular weight excluding hydrogens is 344 g/mol. The molecule has 20 heavy (non-hydrogen) atoms. The standard InChI is InChI=1S/C14H19BrN2O2.ClH/c1-2-19-13-8-10(15)5-6-12(13)17-14(18)9-11-4-3-7-16-11;/h5-6,8,11,16H,2-4,7,9H2,1H3,(H,17,18);1H. The predicted molar refractivity (Wildman–Crippen MR) is 86.8 cm³/mol. The summed E-state index contributed by atoms with van der Waals surface area (Å²) < 4.78 is 6.46. The number of hydrogen-bond acceptors (Lipinski definition) is 3. The topological polar surface area (TPSA) is 50.4 Å². The van der Waals surface area contributed by atoms with E-state index in [1.54, 1.807) is 0 Å². The number of carbonyl (C=O) groups is 1. The molecule has 0 spiro atoms. The van der Waals surface area contributed by atoms with Gasteiger partial charge in [0.25, 0.3) is 0 Å². The van der Waals surface area contributed by atoms with Gasteiger partial charge in [-0.05, 0) is 44.5 Å². The third kappa shape index (κ3) is 4.96. The van der Waals surface area contributed by atoms with Crippen LogP contribution < -0.4 is 15.4 Å². The molecule has 0 aliphatic carbocycles. The maximum absolute atomic E-state index is 12.0. The van der Waals surface area contributed by atoms with Crippen LogP contribution in [-0.4, -0.2) is 25.1 Å². The number of ether oxygens (including phenoxy) is 1. The maximum Gasteiger partial charge on any atom is 0.226 e. The lowest BCUT2D eigenvalue weighted by molar-refractivity contribution is -0.116. The average molecular weight is 364 g/mol. The van der Waals surface area contributed by atoms with Crippen LogP contribution in [0, 0.1) is 0 Å². The zero-order valence-electron chi connectivity index (χ0n) is 11.4. The van der Waals surface area contributed by atoms with Crippen LogP contribution in [0.2, 0.25) is 0 Å². The number of rotatable bonds is 5. The van der Waals surface area contributed by atoms with E-state index >= 15 is 0 Å². The molecule has 1 aliphatic heterocycles. The first-order valence-corrected chi connectivity index (χ1v) is 7.44. The van der Waals surface area contributed by atoms with Crippen LogP contribution >= 0.6 is 28.3 Å². The van der Waals surface area contributed by atoms with Gasteiger partial charge in [-0.15, -0.1) is 12.4 Å². The third-order valence-corrected chi connectivity index (χ3v) is 3.61. The Morgan fingerprint density at radius 3 is 3.00 bits per heavy atom. The molecular formula is C14H20BrClN2O2. The molecule has 0 bridgehead atoms. The van der Waals surface area contributed by atoms with Crippen molar-refractivity contribution in [3.05, 3.63) is 22.7 Å².